The summed E-state index contributed by atoms with van der Waals surface area (Å²) < 4.78 is 12.5. The summed E-state index contributed by atoms with van der Waals surface area (Å²) in [7, 11) is 0. The van der Waals surface area contributed by atoms with Gasteiger partial charge in [-0.3, -0.25) is 0 Å². The van der Waals surface area contributed by atoms with Gasteiger partial charge in [-0.1, -0.05) is 47.3 Å². The first-order chi connectivity index (χ1) is 14.1. The Hall–Kier alpha value is -2.54. The van der Waals surface area contributed by atoms with Gasteiger partial charge in [0, 0.05) is 10.0 Å². The molecule has 1 saturated carbocycles. The Morgan fingerprint density at radius 3 is 2.55 bits per heavy atom. The molecule has 1 fully saturated rings. The van der Waals surface area contributed by atoms with Gasteiger partial charge in [-0.2, -0.15) is 5.10 Å². The highest BCUT2D eigenvalue weighted by Gasteiger charge is 2.15. The number of carbonyl (C=O) groups excluding carboxylic acids is 1. The maximum atomic E-state index is 10.7. The number of benzene rings is 2. The predicted molar refractivity (Wildman–Crippen MR) is 118 cm³/mol. The van der Waals surface area contributed by atoms with Crippen molar-refractivity contribution >= 4 is 28.2 Å². The summed E-state index contributed by atoms with van der Waals surface area (Å²) in [5, 5.41) is 3.78. The fourth-order valence-electron chi connectivity index (χ4n) is 3.50. The zero-order valence-corrected chi connectivity index (χ0v) is 17.9. The molecular formula is C22H26BrN3O3. The highest BCUT2D eigenvalue weighted by Crippen LogP contribution is 2.33. The van der Waals surface area contributed by atoms with Crippen molar-refractivity contribution in [1.29, 1.82) is 0 Å². The van der Waals surface area contributed by atoms with E-state index in [0.717, 1.165) is 10.2 Å². The number of amides is 2. The van der Waals surface area contributed by atoms with Crippen molar-refractivity contribution in [2.45, 2.75) is 38.0 Å². The zero-order chi connectivity index (χ0) is 20.5. The second-order valence-corrected chi connectivity index (χ2v) is 7.93. The van der Waals surface area contributed by atoms with E-state index in [4.69, 9.17) is 15.2 Å². The van der Waals surface area contributed by atoms with Gasteiger partial charge in [-0.15, -0.1) is 0 Å². The topological polar surface area (TPSA) is 85.9 Å². The number of carbonyl (C=O) groups is 1. The first-order valence-corrected chi connectivity index (χ1v) is 10.6. The quantitative estimate of drug-likeness (QED) is 0.332. The fraction of sp³-hybridized carbons (Fsp3) is 0.364. The van der Waals surface area contributed by atoms with Crippen molar-refractivity contribution < 1.29 is 14.3 Å². The maximum Gasteiger partial charge on any atom is 0.332 e. The number of nitrogens with two attached hydrogens (primary N) is 1. The minimum Gasteiger partial charge on any atom is -0.490 e. The van der Waals surface area contributed by atoms with Gasteiger partial charge in [0.05, 0.1) is 6.21 Å². The maximum absolute atomic E-state index is 10.7. The van der Waals surface area contributed by atoms with Crippen molar-refractivity contribution in [3.63, 3.8) is 0 Å². The van der Waals surface area contributed by atoms with Crippen molar-refractivity contribution in [2.75, 3.05) is 13.2 Å². The van der Waals surface area contributed by atoms with Crippen LogP contribution in [-0.4, -0.2) is 25.5 Å². The molecule has 0 saturated heterocycles. The first kappa shape index (κ1) is 21.2. The number of hydrogen-bond acceptors (Lipinski definition) is 4. The third-order valence-corrected chi connectivity index (χ3v) is 5.41. The lowest BCUT2D eigenvalue weighted by Crippen LogP contribution is -2.24. The van der Waals surface area contributed by atoms with Gasteiger partial charge in [0.25, 0.3) is 0 Å². The van der Waals surface area contributed by atoms with E-state index in [9.17, 15) is 4.79 Å². The molecule has 0 bridgehead atoms. The monoisotopic (exact) mass is 459 g/mol. The Morgan fingerprint density at radius 1 is 1.10 bits per heavy atom. The minimum absolute atomic E-state index is 0.385. The van der Waals surface area contributed by atoms with Crippen LogP contribution >= 0.6 is 15.9 Å². The molecule has 0 aromatic heterocycles. The molecule has 0 heterocycles. The van der Waals surface area contributed by atoms with Crippen LogP contribution in [0.5, 0.6) is 11.5 Å². The van der Waals surface area contributed by atoms with E-state index in [1.54, 1.807) is 0 Å². The van der Waals surface area contributed by atoms with Gasteiger partial charge >= 0.3 is 6.03 Å². The second kappa shape index (κ2) is 10.9. The van der Waals surface area contributed by atoms with Crippen molar-refractivity contribution in [1.82, 2.24) is 5.43 Å². The lowest BCUT2D eigenvalue weighted by molar-refractivity contribution is 0.217. The summed E-state index contributed by atoms with van der Waals surface area (Å²) >= 11 is 3.41. The predicted octanol–water partition coefficient (Wildman–Crippen LogP) is 4.96. The van der Waals surface area contributed by atoms with Crippen LogP contribution in [0.3, 0.4) is 0 Å². The highest BCUT2D eigenvalue weighted by atomic mass is 79.9. The third-order valence-electron chi connectivity index (χ3n) is 4.92. The Balaban J connectivity index is 1.49. The number of rotatable bonds is 8. The van der Waals surface area contributed by atoms with E-state index in [-0.39, 0.29) is 0 Å². The highest BCUT2D eigenvalue weighted by molar-refractivity contribution is 9.10. The van der Waals surface area contributed by atoms with Gasteiger partial charge < -0.3 is 15.2 Å². The molecule has 0 unspecified atom stereocenters. The molecule has 0 spiro atoms. The SMILES string of the molecule is NC(=O)NN=Cc1cc(Br)ccc1OCCOc1ccc(C2CCCCC2)cc1. The number of primary amides is 1. The van der Waals surface area contributed by atoms with Gasteiger partial charge in [0.15, 0.2) is 0 Å². The smallest absolute Gasteiger partial charge is 0.332 e. The number of hydrazone groups is 1. The van der Waals surface area contributed by atoms with E-state index < -0.39 is 6.03 Å². The molecule has 0 atom stereocenters. The van der Waals surface area contributed by atoms with E-state index >= 15 is 0 Å². The summed E-state index contributed by atoms with van der Waals surface area (Å²) in [5.41, 5.74) is 9.31. The average molecular weight is 460 g/mol. The molecule has 3 N–H and O–H groups in total. The standard InChI is InChI=1S/C22H26BrN3O3/c23-19-8-11-21(18(14-19)15-25-26-22(24)27)29-13-12-28-20-9-6-17(7-10-20)16-4-2-1-3-5-16/h6-11,14-16H,1-5,12-13H2,(H3,24,26,27). The van der Waals surface area contributed by atoms with Crippen LogP contribution in [0.1, 0.15) is 49.1 Å². The Bertz CT molecular complexity index is 834. The zero-order valence-electron chi connectivity index (χ0n) is 16.3. The lowest BCUT2D eigenvalue weighted by Gasteiger charge is -2.22. The fourth-order valence-corrected chi connectivity index (χ4v) is 3.88. The average Bonchev–Trinajstić information content (AvgIpc) is 2.73. The first-order valence-electron chi connectivity index (χ1n) is 9.85. The van der Waals surface area contributed by atoms with Crippen LogP contribution in [0.4, 0.5) is 4.79 Å². The molecule has 29 heavy (non-hydrogen) atoms. The molecule has 2 aromatic rings. The number of hydrogen-bond donors (Lipinski definition) is 2. The molecule has 3 rings (SSSR count). The molecular weight excluding hydrogens is 434 g/mol. The van der Waals surface area contributed by atoms with Crippen LogP contribution in [0.25, 0.3) is 0 Å². The van der Waals surface area contributed by atoms with Crippen LogP contribution in [0.15, 0.2) is 52.0 Å². The van der Waals surface area contributed by atoms with Crippen molar-refractivity contribution in [3.8, 4) is 11.5 Å². The molecule has 2 amide bonds. The summed E-state index contributed by atoms with van der Waals surface area (Å²) in [6.07, 6.45) is 8.11. The Labute approximate surface area is 179 Å². The summed E-state index contributed by atoms with van der Waals surface area (Å²) in [6.45, 7) is 0.811. The van der Waals surface area contributed by atoms with Gasteiger partial charge in [-0.05, 0) is 54.7 Å². The molecule has 1 aliphatic carbocycles. The third kappa shape index (κ3) is 6.78. The normalized spacial score (nSPS) is 14.7. The van der Waals surface area contributed by atoms with Crippen LogP contribution in [0.2, 0.25) is 0 Å². The molecule has 1 aliphatic rings. The molecule has 0 aliphatic heterocycles. The van der Waals surface area contributed by atoms with Gasteiger partial charge in [-0.25, -0.2) is 10.2 Å². The summed E-state index contributed by atoms with van der Waals surface area (Å²) in [5.74, 6) is 2.18. The van der Waals surface area contributed by atoms with Crippen LogP contribution in [-0.2, 0) is 0 Å². The van der Waals surface area contributed by atoms with E-state index in [1.807, 2.05) is 30.3 Å². The molecule has 6 nitrogen and oxygen atoms in total. The van der Waals surface area contributed by atoms with Crippen molar-refractivity contribution in [3.05, 3.63) is 58.1 Å². The largest absolute Gasteiger partial charge is 0.490 e. The molecule has 154 valence electrons. The van der Waals surface area contributed by atoms with Crippen molar-refractivity contribution in [2.24, 2.45) is 10.8 Å². The lowest BCUT2D eigenvalue weighted by atomic mass is 9.84. The van der Waals surface area contributed by atoms with Crippen LogP contribution < -0.4 is 20.6 Å². The summed E-state index contributed by atoms with van der Waals surface area (Å²) in [6, 6.07) is 13.3. The van der Waals surface area contributed by atoms with Gasteiger partial charge in [0.2, 0.25) is 0 Å². The van der Waals surface area contributed by atoms with E-state index in [0.29, 0.717) is 30.4 Å². The number of ether oxygens (including phenoxy) is 2. The molecule has 0 radical (unpaired) electrons. The number of nitrogens with one attached hydrogen (secondary N) is 1. The van der Waals surface area contributed by atoms with Gasteiger partial charge in [0.1, 0.15) is 24.7 Å². The Morgan fingerprint density at radius 2 is 1.83 bits per heavy atom. The summed E-state index contributed by atoms with van der Waals surface area (Å²) in [4.78, 5) is 10.7. The number of urea groups is 1. The minimum atomic E-state index is -0.721. The number of nitrogens with zero attached hydrogens (tertiary/aromatic N) is 1. The van der Waals surface area contributed by atoms with E-state index in [1.165, 1.54) is 43.9 Å². The van der Waals surface area contributed by atoms with E-state index in [2.05, 4.69) is 38.6 Å². The number of halogens is 1. The molecule has 2 aromatic carbocycles. The van der Waals surface area contributed by atoms with Crippen LogP contribution in [0, 0.1) is 0 Å². The Kier molecular flexibility index (Phi) is 7.93. The second-order valence-electron chi connectivity index (χ2n) is 7.02. The molecule has 7 heteroatoms.